The minimum absolute atomic E-state index is 0.309. The Hall–Kier alpha value is -2.03. The number of carbonyl (C=O) groups is 1. The molecule has 0 aromatic carbocycles. The summed E-state index contributed by atoms with van der Waals surface area (Å²) in [6.07, 6.45) is 7.53. The minimum Gasteiger partial charge on any atom is -0.465 e. The zero-order chi connectivity index (χ0) is 11.5. The van der Waals surface area contributed by atoms with Gasteiger partial charge >= 0.3 is 5.97 Å². The Bertz CT molecular complexity index is 552. The predicted molar refractivity (Wildman–Crippen MR) is 63.4 cm³/mol. The van der Waals surface area contributed by atoms with Crippen LogP contribution in [-0.2, 0) is 4.74 Å². The molecule has 2 heterocycles. The Kier molecular flexibility index (Phi) is 2.77. The highest BCUT2D eigenvalue weighted by molar-refractivity contribution is 5.97. The van der Waals surface area contributed by atoms with E-state index < -0.39 is 0 Å². The fraction of sp³-hybridized carbons (Fsp3) is 0.154. The largest absolute Gasteiger partial charge is 0.465 e. The average Bonchev–Trinajstić information content (AvgIpc) is 2.68. The van der Waals surface area contributed by atoms with Crippen molar-refractivity contribution >= 4 is 17.6 Å². The van der Waals surface area contributed by atoms with Crippen molar-refractivity contribution in [3.05, 3.63) is 47.8 Å². The molecule has 0 aliphatic carbocycles. The van der Waals surface area contributed by atoms with Crippen molar-refractivity contribution < 1.29 is 9.53 Å². The molecule has 3 heteroatoms. The molecule has 0 amide bonds. The maximum atomic E-state index is 11.6. The van der Waals surface area contributed by atoms with Gasteiger partial charge in [-0.1, -0.05) is 18.2 Å². The second-order valence-electron chi connectivity index (χ2n) is 3.44. The monoisotopic (exact) mass is 215 g/mol. The van der Waals surface area contributed by atoms with Crippen LogP contribution in [0, 0.1) is 0 Å². The maximum Gasteiger partial charge on any atom is 0.340 e. The number of allylic oxidation sites excluding steroid dienone is 1. The SMILES string of the molecule is C/C=C/c1c(C(=O)OC)cn2ccccc12. The van der Waals surface area contributed by atoms with Gasteiger partial charge in [0, 0.05) is 18.0 Å². The quantitative estimate of drug-likeness (QED) is 0.721. The van der Waals surface area contributed by atoms with E-state index in [2.05, 4.69) is 0 Å². The van der Waals surface area contributed by atoms with Gasteiger partial charge in [0.1, 0.15) is 0 Å². The Morgan fingerprint density at radius 1 is 1.44 bits per heavy atom. The molecule has 0 saturated carbocycles. The first-order valence-electron chi connectivity index (χ1n) is 5.08. The number of ether oxygens (including phenoxy) is 1. The maximum absolute atomic E-state index is 11.6. The number of hydrogen-bond donors (Lipinski definition) is 0. The predicted octanol–water partition coefficient (Wildman–Crippen LogP) is 2.76. The van der Waals surface area contributed by atoms with Gasteiger partial charge in [0.15, 0.2) is 0 Å². The summed E-state index contributed by atoms with van der Waals surface area (Å²) in [5.41, 5.74) is 2.49. The summed E-state index contributed by atoms with van der Waals surface area (Å²) in [7, 11) is 1.39. The van der Waals surface area contributed by atoms with E-state index in [1.807, 2.05) is 47.9 Å². The van der Waals surface area contributed by atoms with Crippen molar-refractivity contribution in [2.45, 2.75) is 6.92 Å². The summed E-state index contributed by atoms with van der Waals surface area (Å²) >= 11 is 0. The summed E-state index contributed by atoms with van der Waals surface area (Å²) < 4.78 is 6.68. The van der Waals surface area contributed by atoms with E-state index in [4.69, 9.17) is 4.74 Å². The van der Waals surface area contributed by atoms with Crippen molar-refractivity contribution in [3.8, 4) is 0 Å². The van der Waals surface area contributed by atoms with Gasteiger partial charge in [-0.05, 0) is 19.1 Å². The molecule has 2 aromatic heterocycles. The third kappa shape index (κ3) is 1.60. The van der Waals surface area contributed by atoms with Crippen LogP contribution < -0.4 is 0 Å². The van der Waals surface area contributed by atoms with E-state index in [1.165, 1.54) is 7.11 Å². The number of rotatable bonds is 2. The lowest BCUT2D eigenvalue weighted by molar-refractivity contribution is 0.0600. The molecule has 0 saturated heterocycles. The van der Waals surface area contributed by atoms with Crippen molar-refractivity contribution in [3.63, 3.8) is 0 Å². The fourth-order valence-corrected chi connectivity index (χ4v) is 1.76. The molecule has 82 valence electrons. The molecule has 0 aliphatic heterocycles. The number of hydrogen-bond acceptors (Lipinski definition) is 2. The highest BCUT2D eigenvalue weighted by Gasteiger charge is 2.14. The van der Waals surface area contributed by atoms with Crippen molar-refractivity contribution in [1.29, 1.82) is 0 Å². The van der Waals surface area contributed by atoms with Crippen molar-refractivity contribution in [1.82, 2.24) is 4.40 Å². The van der Waals surface area contributed by atoms with Gasteiger partial charge in [0.25, 0.3) is 0 Å². The number of esters is 1. The molecule has 16 heavy (non-hydrogen) atoms. The lowest BCUT2D eigenvalue weighted by Gasteiger charge is -1.97. The van der Waals surface area contributed by atoms with Crippen LogP contribution in [0.2, 0.25) is 0 Å². The molecule has 0 bridgehead atoms. The number of pyridine rings is 1. The summed E-state index contributed by atoms with van der Waals surface area (Å²) in [5, 5.41) is 0. The molecule has 2 rings (SSSR count). The zero-order valence-electron chi connectivity index (χ0n) is 9.31. The molecule has 0 fully saturated rings. The minimum atomic E-state index is -0.309. The van der Waals surface area contributed by atoms with Crippen LogP contribution in [0.25, 0.3) is 11.6 Å². The van der Waals surface area contributed by atoms with Crippen LogP contribution >= 0.6 is 0 Å². The van der Waals surface area contributed by atoms with Crippen LogP contribution in [0.15, 0.2) is 36.7 Å². The Labute approximate surface area is 94.0 Å². The van der Waals surface area contributed by atoms with Gasteiger partial charge in [-0.15, -0.1) is 0 Å². The fourth-order valence-electron chi connectivity index (χ4n) is 1.76. The normalized spacial score (nSPS) is 11.1. The van der Waals surface area contributed by atoms with E-state index in [9.17, 15) is 4.79 Å². The van der Waals surface area contributed by atoms with Crippen LogP contribution in [0.1, 0.15) is 22.8 Å². The molecule has 0 atom stereocenters. The molecule has 0 aliphatic rings. The van der Waals surface area contributed by atoms with E-state index >= 15 is 0 Å². The number of nitrogens with zero attached hydrogens (tertiary/aromatic N) is 1. The second kappa shape index (κ2) is 4.23. The topological polar surface area (TPSA) is 30.7 Å². The Morgan fingerprint density at radius 3 is 2.94 bits per heavy atom. The van der Waals surface area contributed by atoms with E-state index in [0.29, 0.717) is 5.56 Å². The van der Waals surface area contributed by atoms with Crippen LogP contribution in [0.4, 0.5) is 0 Å². The molecular formula is C13H13NO2. The smallest absolute Gasteiger partial charge is 0.340 e. The van der Waals surface area contributed by atoms with Gasteiger partial charge in [-0.3, -0.25) is 0 Å². The first-order chi connectivity index (χ1) is 7.77. The third-order valence-electron chi connectivity index (χ3n) is 2.46. The van der Waals surface area contributed by atoms with Gasteiger partial charge in [-0.25, -0.2) is 4.79 Å². The summed E-state index contributed by atoms with van der Waals surface area (Å²) in [6.45, 7) is 1.92. The Morgan fingerprint density at radius 2 is 2.25 bits per heavy atom. The van der Waals surface area contributed by atoms with Crippen LogP contribution in [0.3, 0.4) is 0 Å². The van der Waals surface area contributed by atoms with E-state index in [0.717, 1.165) is 11.1 Å². The van der Waals surface area contributed by atoms with Gasteiger partial charge in [0.2, 0.25) is 0 Å². The zero-order valence-corrected chi connectivity index (χ0v) is 9.31. The highest BCUT2D eigenvalue weighted by atomic mass is 16.5. The first-order valence-corrected chi connectivity index (χ1v) is 5.08. The molecule has 0 spiro atoms. The van der Waals surface area contributed by atoms with Crippen molar-refractivity contribution in [2.75, 3.05) is 7.11 Å². The number of methoxy groups -OCH3 is 1. The third-order valence-corrected chi connectivity index (χ3v) is 2.46. The molecular weight excluding hydrogens is 202 g/mol. The first kappa shape index (κ1) is 10.5. The van der Waals surface area contributed by atoms with Gasteiger partial charge in [0.05, 0.1) is 18.2 Å². The highest BCUT2D eigenvalue weighted by Crippen LogP contribution is 2.20. The molecule has 0 unspecified atom stereocenters. The average molecular weight is 215 g/mol. The van der Waals surface area contributed by atoms with E-state index in [-0.39, 0.29) is 5.97 Å². The summed E-state index contributed by atoms with van der Waals surface area (Å²) in [4.78, 5) is 11.6. The molecule has 2 aromatic rings. The lowest BCUT2D eigenvalue weighted by Crippen LogP contribution is -2.00. The molecule has 3 nitrogen and oxygen atoms in total. The van der Waals surface area contributed by atoms with Gasteiger partial charge < -0.3 is 9.14 Å². The number of fused-ring (bicyclic) bond motifs is 1. The second-order valence-corrected chi connectivity index (χ2v) is 3.44. The summed E-state index contributed by atoms with van der Waals surface area (Å²) in [5.74, 6) is -0.309. The molecule has 0 radical (unpaired) electrons. The summed E-state index contributed by atoms with van der Waals surface area (Å²) in [6, 6.07) is 5.85. The standard InChI is InChI=1S/C13H13NO2/c1-3-6-10-11(13(15)16-2)9-14-8-5-4-7-12(10)14/h3-9H,1-2H3/b6-3+. The lowest BCUT2D eigenvalue weighted by atomic mass is 10.1. The van der Waals surface area contributed by atoms with Crippen LogP contribution in [-0.4, -0.2) is 17.5 Å². The number of carbonyl (C=O) groups excluding carboxylic acids is 1. The van der Waals surface area contributed by atoms with Crippen LogP contribution in [0.5, 0.6) is 0 Å². The van der Waals surface area contributed by atoms with E-state index in [1.54, 1.807) is 6.20 Å². The number of aromatic nitrogens is 1. The van der Waals surface area contributed by atoms with Gasteiger partial charge in [-0.2, -0.15) is 0 Å². The van der Waals surface area contributed by atoms with Crippen molar-refractivity contribution in [2.24, 2.45) is 0 Å². The Balaban J connectivity index is 2.72. The molecule has 0 N–H and O–H groups in total.